The Morgan fingerprint density at radius 2 is 2.06 bits per heavy atom. The van der Waals surface area contributed by atoms with Crippen LogP contribution in [0.2, 0.25) is 0 Å². The van der Waals surface area contributed by atoms with Crippen LogP contribution in [0, 0.1) is 0 Å². The highest BCUT2D eigenvalue weighted by Crippen LogP contribution is 2.23. The summed E-state index contributed by atoms with van der Waals surface area (Å²) in [7, 11) is 0. The van der Waals surface area contributed by atoms with Crippen LogP contribution in [0.15, 0.2) is 11.0 Å². The number of thioether (sulfide) groups is 1. The SMILES string of the molecule is O=C1NC(=O)/C(=C/C(=O)N2CCOCC2)S1. The van der Waals surface area contributed by atoms with Crippen molar-refractivity contribution in [1.29, 1.82) is 0 Å². The molecule has 2 heterocycles. The van der Waals surface area contributed by atoms with Crippen LogP contribution < -0.4 is 5.32 Å². The molecule has 0 saturated carbocycles. The van der Waals surface area contributed by atoms with E-state index < -0.39 is 11.1 Å². The Bertz CT molecular complexity index is 374. The number of nitrogens with one attached hydrogen (secondary N) is 1. The first-order valence-electron chi connectivity index (χ1n) is 4.78. The zero-order chi connectivity index (χ0) is 11.5. The maximum atomic E-state index is 11.7. The summed E-state index contributed by atoms with van der Waals surface area (Å²) in [6.07, 6.45) is 1.20. The van der Waals surface area contributed by atoms with Crippen molar-refractivity contribution in [3.8, 4) is 0 Å². The summed E-state index contributed by atoms with van der Waals surface area (Å²) in [5.41, 5.74) is 0. The monoisotopic (exact) mass is 242 g/mol. The van der Waals surface area contributed by atoms with Crippen LogP contribution in [-0.2, 0) is 14.3 Å². The maximum absolute atomic E-state index is 11.7. The second kappa shape index (κ2) is 4.67. The summed E-state index contributed by atoms with van der Waals surface area (Å²) in [4.78, 5) is 35.5. The van der Waals surface area contributed by atoms with Gasteiger partial charge in [-0.15, -0.1) is 0 Å². The van der Waals surface area contributed by atoms with E-state index in [2.05, 4.69) is 5.32 Å². The molecule has 86 valence electrons. The van der Waals surface area contributed by atoms with Crippen molar-refractivity contribution in [2.45, 2.75) is 0 Å². The predicted octanol–water partition coefficient (Wildman–Crippen LogP) is -0.288. The summed E-state index contributed by atoms with van der Waals surface area (Å²) in [6.45, 7) is 2.05. The highest BCUT2D eigenvalue weighted by molar-refractivity contribution is 8.18. The average Bonchev–Trinajstić information content (AvgIpc) is 2.59. The number of carbonyl (C=O) groups is 3. The molecule has 7 heteroatoms. The molecule has 1 N–H and O–H groups in total. The van der Waals surface area contributed by atoms with Gasteiger partial charge in [0.2, 0.25) is 5.91 Å². The number of carbonyl (C=O) groups excluding carboxylic acids is 3. The van der Waals surface area contributed by atoms with Gasteiger partial charge >= 0.3 is 0 Å². The topological polar surface area (TPSA) is 75.7 Å². The van der Waals surface area contributed by atoms with Crippen LogP contribution in [-0.4, -0.2) is 48.3 Å². The van der Waals surface area contributed by atoms with Gasteiger partial charge in [0, 0.05) is 19.2 Å². The van der Waals surface area contributed by atoms with E-state index in [1.165, 1.54) is 6.08 Å². The molecule has 0 aromatic rings. The minimum atomic E-state index is -0.503. The quantitative estimate of drug-likeness (QED) is 0.640. The largest absolute Gasteiger partial charge is 0.378 e. The highest BCUT2D eigenvalue weighted by atomic mass is 32.2. The van der Waals surface area contributed by atoms with Crippen LogP contribution in [0.1, 0.15) is 0 Å². The Morgan fingerprint density at radius 3 is 2.62 bits per heavy atom. The van der Waals surface area contributed by atoms with Crippen LogP contribution in [0.25, 0.3) is 0 Å². The molecule has 0 radical (unpaired) electrons. The molecular weight excluding hydrogens is 232 g/mol. The molecule has 0 bridgehead atoms. The Hall–Kier alpha value is -1.34. The first-order chi connectivity index (χ1) is 7.66. The van der Waals surface area contributed by atoms with Gasteiger partial charge in [0.25, 0.3) is 11.1 Å². The van der Waals surface area contributed by atoms with Gasteiger partial charge in [0.1, 0.15) is 0 Å². The predicted molar refractivity (Wildman–Crippen MR) is 56.6 cm³/mol. The standard InChI is InChI=1S/C9H10N2O4S/c12-7(11-1-3-15-4-2-11)5-6-8(13)10-9(14)16-6/h5H,1-4H2,(H,10,13,14)/b6-5-. The van der Waals surface area contributed by atoms with Gasteiger partial charge in [-0.3, -0.25) is 19.7 Å². The van der Waals surface area contributed by atoms with Gasteiger partial charge in [0.05, 0.1) is 18.1 Å². The smallest absolute Gasteiger partial charge is 0.290 e. The molecular formula is C9H10N2O4S. The maximum Gasteiger partial charge on any atom is 0.290 e. The van der Waals surface area contributed by atoms with E-state index in [9.17, 15) is 14.4 Å². The number of hydrogen-bond acceptors (Lipinski definition) is 5. The molecule has 0 spiro atoms. The molecule has 0 aliphatic carbocycles. The molecule has 6 nitrogen and oxygen atoms in total. The first kappa shape index (κ1) is 11.2. The number of amides is 3. The number of morpholine rings is 1. The molecule has 2 fully saturated rings. The third-order valence-corrected chi connectivity index (χ3v) is 3.03. The third kappa shape index (κ3) is 2.42. The van der Waals surface area contributed by atoms with Crippen molar-refractivity contribution >= 4 is 28.8 Å². The Morgan fingerprint density at radius 1 is 1.38 bits per heavy atom. The fraction of sp³-hybridized carbons (Fsp3) is 0.444. The summed E-state index contributed by atoms with van der Waals surface area (Å²) in [5, 5.41) is 1.66. The molecule has 2 rings (SSSR count). The molecule has 2 aliphatic heterocycles. The molecule has 16 heavy (non-hydrogen) atoms. The van der Waals surface area contributed by atoms with E-state index in [4.69, 9.17) is 4.74 Å². The van der Waals surface area contributed by atoms with Crippen molar-refractivity contribution in [3.05, 3.63) is 11.0 Å². The number of hydrogen-bond donors (Lipinski definition) is 1. The number of nitrogens with zero attached hydrogens (tertiary/aromatic N) is 1. The number of ether oxygens (including phenoxy) is 1. The second-order valence-electron chi connectivity index (χ2n) is 3.29. The lowest BCUT2D eigenvalue weighted by molar-refractivity contribution is -0.130. The molecule has 0 unspecified atom stereocenters. The fourth-order valence-corrected chi connectivity index (χ4v) is 2.06. The highest BCUT2D eigenvalue weighted by Gasteiger charge is 2.27. The normalized spacial score (nSPS) is 23.8. The lowest BCUT2D eigenvalue weighted by Crippen LogP contribution is -2.40. The van der Waals surface area contributed by atoms with Gasteiger partial charge < -0.3 is 9.64 Å². The second-order valence-corrected chi connectivity index (χ2v) is 4.30. The van der Waals surface area contributed by atoms with Crippen molar-refractivity contribution in [3.63, 3.8) is 0 Å². The number of imide groups is 1. The summed E-state index contributed by atoms with van der Waals surface area (Å²) < 4.78 is 5.10. The van der Waals surface area contributed by atoms with Crippen LogP contribution in [0.5, 0.6) is 0 Å². The van der Waals surface area contributed by atoms with Crippen LogP contribution in [0.4, 0.5) is 4.79 Å². The van der Waals surface area contributed by atoms with Gasteiger partial charge in [0.15, 0.2) is 0 Å². The molecule has 0 aromatic carbocycles. The Kier molecular flexibility index (Phi) is 3.25. The zero-order valence-corrected chi connectivity index (χ0v) is 9.21. The third-order valence-electron chi connectivity index (χ3n) is 2.22. The Balaban J connectivity index is 2.02. The summed E-state index contributed by atoms with van der Waals surface area (Å²) >= 11 is 0.749. The van der Waals surface area contributed by atoms with E-state index in [-0.39, 0.29) is 10.8 Å². The van der Waals surface area contributed by atoms with E-state index in [1.54, 1.807) is 4.90 Å². The minimum absolute atomic E-state index is 0.154. The van der Waals surface area contributed by atoms with Crippen molar-refractivity contribution in [2.24, 2.45) is 0 Å². The van der Waals surface area contributed by atoms with E-state index >= 15 is 0 Å². The fourth-order valence-electron chi connectivity index (χ4n) is 1.41. The van der Waals surface area contributed by atoms with Crippen molar-refractivity contribution in [2.75, 3.05) is 26.3 Å². The van der Waals surface area contributed by atoms with Gasteiger partial charge in [-0.2, -0.15) is 0 Å². The first-order valence-corrected chi connectivity index (χ1v) is 5.60. The van der Waals surface area contributed by atoms with E-state index in [0.29, 0.717) is 26.3 Å². The van der Waals surface area contributed by atoms with Gasteiger partial charge in [-0.05, 0) is 11.8 Å². The van der Waals surface area contributed by atoms with Gasteiger partial charge in [-0.25, -0.2) is 0 Å². The minimum Gasteiger partial charge on any atom is -0.378 e. The molecule has 3 amide bonds. The van der Waals surface area contributed by atoms with Crippen molar-refractivity contribution in [1.82, 2.24) is 10.2 Å². The molecule has 2 aliphatic rings. The lowest BCUT2D eigenvalue weighted by atomic mass is 10.3. The molecule has 0 atom stereocenters. The molecule has 0 aromatic heterocycles. The van der Waals surface area contributed by atoms with Crippen LogP contribution in [0.3, 0.4) is 0 Å². The van der Waals surface area contributed by atoms with E-state index in [0.717, 1.165) is 11.8 Å². The summed E-state index contributed by atoms with van der Waals surface area (Å²) in [6, 6.07) is 0. The zero-order valence-electron chi connectivity index (χ0n) is 8.39. The lowest BCUT2D eigenvalue weighted by Gasteiger charge is -2.25. The number of rotatable bonds is 1. The molecule has 2 saturated heterocycles. The summed E-state index contributed by atoms with van der Waals surface area (Å²) in [5.74, 6) is -0.757. The average molecular weight is 242 g/mol. The Labute approximate surface area is 96.0 Å². The van der Waals surface area contributed by atoms with Gasteiger partial charge in [-0.1, -0.05) is 0 Å². The van der Waals surface area contributed by atoms with E-state index in [1.807, 2.05) is 0 Å². The van der Waals surface area contributed by atoms with Crippen molar-refractivity contribution < 1.29 is 19.1 Å². The van der Waals surface area contributed by atoms with Crippen LogP contribution >= 0.6 is 11.8 Å².